The van der Waals surface area contributed by atoms with E-state index < -0.39 is 0 Å². The molecule has 0 aromatic carbocycles. The highest BCUT2D eigenvalue weighted by molar-refractivity contribution is 5.85. The van der Waals surface area contributed by atoms with Gasteiger partial charge in [-0.1, -0.05) is 0 Å². The topological polar surface area (TPSA) is 53.5 Å². The van der Waals surface area contributed by atoms with Crippen molar-refractivity contribution in [1.82, 2.24) is 6.15 Å². The smallest absolute Gasteiger partial charge is 0.0781 e. The minimum atomic E-state index is 0. The molecule has 0 amide bonds. The zero-order chi connectivity index (χ0) is 5.11. The SMILES string of the molecule is C[C@@H]1COCCO1.Cl.N. The van der Waals surface area contributed by atoms with Crippen LogP contribution in [-0.4, -0.2) is 25.9 Å². The van der Waals surface area contributed by atoms with Gasteiger partial charge in [-0.05, 0) is 6.92 Å². The molecule has 1 heterocycles. The van der Waals surface area contributed by atoms with Gasteiger partial charge in [-0.2, -0.15) is 0 Å². The van der Waals surface area contributed by atoms with E-state index in [0.717, 1.165) is 19.8 Å². The average Bonchev–Trinajstić information content (AvgIpc) is 1.69. The molecule has 0 aromatic rings. The summed E-state index contributed by atoms with van der Waals surface area (Å²) in [5.41, 5.74) is 0. The molecule has 3 N–H and O–H groups in total. The molecule has 1 atom stereocenters. The van der Waals surface area contributed by atoms with Crippen molar-refractivity contribution < 1.29 is 9.47 Å². The van der Waals surface area contributed by atoms with Crippen LogP contribution < -0.4 is 6.15 Å². The summed E-state index contributed by atoms with van der Waals surface area (Å²) in [4.78, 5) is 0. The predicted octanol–water partition coefficient (Wildman–Crippen LogP) is 1.01. The van der Waals surface area contributed by atoms with Gasteiger partial charge in [-0.25, -0.2) is 0 Å². The second-order valence-corrected chi connectivity index (χ2v) is 1.76. The fourth-order valence-electron chi connectivity index (χ4n) is 0.606. The zero-order valence-corrected chi connectivity index (χ0v) is 6.45. The Hall–Kier alpha value is 0.170. The normalized spacial score (nSPS) is 25.7. The number of hydrogen-bond donors (Lipinski definition) is 1. The number of halogens is 1. The molecule has 1 saturated heterocycles. The van der Waals surface area contributed by atoms with Crippen molar-refractivity contribution in [1.29, 1.82) is 0 Å². The van der Waals surface area contributed by atoms with Crippen LogP contribution in [0.1, 0.15) is 6.92 Å². The maximum absolute atomic E-state index is 5.15. The van der Waals surface area contributed by atoms with Crippen LogP contribution in [0.2, 0.25) is 0 Å². The molecule has 58 valence electrons. The molecule has 0 aliphatic carbocycles. The Balaban J connectivity index is 0. The molecule has 0 spiro atoms. The fourth-order valence-corrected chi connectivity index (χ4v) is 0.606. The Morgan fingerprint density at radius 2 is 2.00 bits per heavy atom. The largest absolute Gasteiger partial charge is 0.376 e. The van der Waals surface area contributed by atoms with Gasteiger partial charge in [0.15, 0.2) is 0 Å². The Bertz CT molecular complexity index is 56.9. The van der Waals surface area contributed by atoms with E-state index in [9.17, 15) is 0 Å². The molecule has 1 fully saturated rings. The molecular weight excluding hydrogens is 142 g/mol. The Morgan fingerprint density at radius 3 is 2.22 bits per heavy atom. The summed E-state index contributed by atoms with van der Waals surface area (Å²) < 4.78 is 10.2. The molecule has 0 bridgehead atoms. The van der Waals surface area contributed by atoms with Crippen molar-refractivity contribution in [3.63, 3.8) is 0 Å². The standard InChI is InChI=1S/C5H10O2.ClH.H3N/c1-5-4-6-2-3-7-5;;/h5H,2-4H2,1H3;1H;1H3/t5-;;/m1../s1. The summed E-state index contributed by atoms with van der Waals surface area (Å²) >= 11 is 0. The lowest BCUT2D eigenvalue weighted by molar-refractivity contribution is -0.0797. The minimum absolute atomic E-state index is 0. The van der Waals surface area contributed by atoms with E-state index in [1.54, 1.807) is 0 Å². The van der Waals surface area contributed by atoms with E-state index >= 15 is 0 Å². The van der Waals surface area contributed by atoms with Gasteiger partial charge in [0.2, 0.25) is 0 Å². The number of hydrogen-bond acceptors (Lipinski definition) is 3. The summed E-state index contributed by atoms with van der Waals surface area (Å²) in [5, 5.41) is 0. The minimum Gasteiger partial charge on any atom is -0.376 e. The highest BCUT2D eigenvalue weighted by atomic mass is 35.5. The first-order valence-electron chi connectivity index (χ1n) is 2.59. The molecule has 0 unspecified atom stereocenters. The van der Waals surface area contributed by atoms with E-state index in [2.05, 4.69) is 0 Å². The highest BCUT2D eigenvalue weighted by Crippen LogP contribution is 1.96. The van der Waals surface area contributed by atoms with Crippen molar-refractivity contribution >= 4 is 12.4 Å². The molecular formula is C5H14ClNO2. The summed E-state index contributed by atoms with van der Waals surface area (Å²) in [7, 11) is 0. The summed E-state index contributed by atoms with van der Waals surface area (Å²) in [6, 6.07) is 0. The first-order valence-corrected chi connectivity index (χ1v) is 2.59. The lowest BCUT2D eigenvalue weighted by Crippen LogP contribution is -2.25. The molecule has 1 rings (SSSR count). The molecule has 0 aromatic heterocycles. The first kappa shape index (κ1) is 11.9. The Kier molecular flexibility index (Phi) is 8.32. The molecule has 0 saturated carbocycles. The second-order valence-electron chi connectivity index (χ2n) is 1.76. The highest BCUT2D eigenvalue weighted by Gasteiger charge is 2.06. The third kappa shape index (κ3) is 4.66. The van der Waals surface area contributed by atoms with Crippen molar-refractivity contribution in [2.24, 2.45) is 0 Å². The van der Waals surface area contributed by atoms with Gasteiger partial charge in [0.05, 0.1) is 25.9 Å². The Morgan fingerprint density at radius 1 is 1.33 bits per heavy atom. The van der Waals surface area contributed by atoms with Crippen LogP contribution in [0.15, 0.2) is 0 Å². The van der Waals surface area contributed by atoms with Gasteiger partial charge in [0, 0.05) is 0 Å². The van der Waals surface area contributed by atoms with Gasteiger partial charge < -0.3 is 15.6 Å². The zero-order valence-electron chi connectivity index (χ0n) is 5.63. The van der Waals surface area contributed by atoms with Crippen molar-refractivity contribution in [3.05, 3.63) is 0 Å². The maximum Gasteiger partial charge on any atom is 0.0781 e. The average molecular weight is 156 g/mol. The van der Waals surface area contributed by atoms with E-state index in [1.807, 2.05) is 6.92 Å². The van der Waals surface area contributed by atoms with Crippen LogP contribution in [0.4, 0.5) is 0 Å². The van der Waals surface area contributed by atoms with E-state index in [-0.39, 0.29) is 18.6 Å². The lowest BCUT2D eigenvalue weighted by Gasteiger charge is -2.18. The maximum atomic E-state index is 5.15. The molecule has 1 aliphatic heterocycles. The molecule has 3 nitrogen and oxygen atoms in total. The first-order chi connectivity index (χ1) is 3.39. The van der Waals surface area contributed by atoms with Gasteiger partial charge >= 0.3 is 0 Å². The van der Waals surface area contributed by atoms with E-state index in [4.69, 9.17) is 9.47 Å². The molecule has 0 radical (unpaired) electrons. The van der Waals surface area contributed by atoms with Crippen LogP contribution >= 0.6 is 12.4 Å². The molecule has 4 heteroatoms. The van der Waals surface area contributed by atoms with Crippen LogP contribution in [0, 0.1) is 0 Å². The van der Waals surface area contributed by atoms with Crippen LogP contribution in [0.5, 0.6) is 0 Å². The van der Waals surface area contributed by atoms with Crippen molar-refractivity contribution in [3.8, 4) is 0 Å². The van der Waals surface area contributed by atoms with Gasteiger partial charge in [-0.3, -0.25) is 0 Å². The van der Waals surface area contributed by atoms with Gasteiger partial charge in [-0.15, -0.1) is 12.4 Å². The fraction of sp³-hybridized carbons (Fsp3) is 1.00. The quantitative estimate of drug-likeness (QED) is 0.568. The number of ether oxygens (including phenoxy) is 2. The summed E-state index contributed by atoms with van der Waals surface area (Å²) in [6.07, 6.45) is 0.314. The summed E-state index contributed by atoms with van der Waals surface area (Å²) in [6.45, 7) is 4.31. The third-order valence-electron chi connectivity index (χ3n) is 0.983. The van der Waals surface area contributed by atoms with Crippen molar-refractivity contribution in [2.75, 3.05) is 19.8 Å². The monoisotopic (exact) mass is 155 g/mol. The van der Waals surface area contributed by atoms with Gasteiger partial charge in [0.25, 0.3) is 0 Å². The Labute approximate surface area is 61.7 Å². The van der Waals surface area contributed by atoms with Gasteiger partial charge in [0.1, 0.15) is 0 Å². The van der Waals surface area contributed by atoms with Crippen LogP contribution in [0.3, 0.4) is 0 Å². The summed E-state index contributed by atoms with van der Waals surface area (Å²) in [5.74, 6) is 0. The van der Waals surface area contributed by atoms with Crippen molar-refractivity contribution in [2.45, 2.75) is 13.0 Å². The molecule has 1 aliphatic rings. The second kappa shape index (κ2) is 6.29. The van der Waals surface area contributed by atoms with E-state index in [1.165, 1.54) is 0 Å². The third-order valence-corrected chi connectivity index (χ3v) is 0.983. The van der Waals surface area contributed by atoms with Crippen LogP contribution in [-0.2, 0) is 9.47 Å². The lowest BCUT2D eigenvalue weighted by atomic mass is 10.4. The number of rotatable bonds is 0. The van der Waals surface area contributed by atoms with E-state index in [0.29, 0.717) is 6.10 Å². The van der Waals surface area contributed by atoms with Crippen LogP contribution in [0.25, 0.3) is 0 Å². The predicted molar refractivity (Wildman–Crippen MR) is 38.5 cm³/mol. The molecule has 9 heavy (non-hydrogen) atoms.